The van der Waals surface area contributed by atoms with E-state index in [0.29, 0.717) is 29.9 Å². The zero-order valence-electron chi connectivity index (χ0n) is 14.5. The summed E-state index contributed by atoms with van der Waals surface area (Å²) in [5.41, 5.74) is 1.66. The van der Waals surface area contributed by atoms with Crippen molar-refractivity contribution in [2.24, 2.45) is 14.1 Å². The maximum Gasteiger partial charge on any atom is 0.262 e. The fourth-order valence-electron chi connectivity index (χ4n) is 3.11. The van der Waals surface area contributed by atoms with Crippen LogP contribution in [-0.4, -0.2) is 44.0 Å². The summed E-state index contributed by atoms with van der Waals surface area (Å²) in [4.78, 5) is 23.5. The predicted octanol–water partition coefficient (Wildman–Crippen LogP) is 0.948. The van der Waals surface area contributed by atoms with E-state index in [1.807, 2.05) is 32.4 Å². The fraction of sp³-hybridized carbons (Fsp3) is 0.412. The molecule has 0 saturated carbocycles. The molecule has 1 atom stereocenters. The molecule has 25 heavy (non-hydrogen) atoms. The van der Waals surface area contributed by atoms with Gasteiger partial charge in [-0.1, -0.05) is 0 Å². The quantitative estimate of drug-likeness (QED) is 0.691. The molecule has 4 rings (SSSR count). The minimum atomic E-state index is -0.0724. The number of aryl methyl sites for hydroxylation is 2. The maximum absolute atomic E-state index is 12.3. The van der Waals surface area contributed by atoms with Crippen molar-refractivity contribution >= 4 is 16.7 Å². The van der Waals surface area contributed by atoms with Crippen molar-refractivity contribution in [1.82, 2.24) is 24.3 Å². The van der Waals surface area contributed by atoms with Gasteiger partial charge in [-0.15, -0.1) is 0 Å². The van der Waals surface area contributed by atoms with Gasteiger partial charge in [0.25, 0.3) is 5.56 Å². The van der Waals surface area contributed by atoms with E-state index in [1.165, 1.54) is 4.57 Å². The lowest BCUT2D eigenvalue weighted by atomic mass is 10.1. The van der Waals surface area contributed by atoms with Gasteiger partial charge in [0, 0.05) is 51.2 Å². The highest BCUT2D eigenvalue weighted by Crippen LogP contribution is 2.25. The molecule has 0 radical (unpaired) electrons. The van der Waals surface area contributed by atoms with Crippen LogP contribution in [0.2, 0.25) is 0 Å². The molecule has 0 N–H and O–H groups in total. The van der Waals surface area contributed by atoms with Gasteiger partial charge in [-0.05, 0) is 6.92 Å². The number of hydrogen-bond donors (Lipinski definition) is 0. The fourth-order valence-corrected chi connectivity index (χ4v) is 3.11. The van der Waals surface area contributed by atoms with E-state index in [4.69, 9.17) is 4.74 Å². The Morgan fingerprint density at radius 2 is 2.12 bits per heavy atom. The number of fused-ring (bicyclic) bond motifs is 1. The van der Waals surface area contributed by atoms with Crippen molar-refractivity contribution in [1.29, 1.82) is 0 Å². The third-order valence-corrected chi connectivity index (χ3v) is 4.66. The van der Waals surface area contributed by atoms with Gasteiger partial charge in [0.05, 0.1) is 23.7 Å². The monoisotopic (exact) mass is 340 g/mol. The molecular formula is C17H20N6O2. The van der Waals surface area contributed by atoms with Crippen LogP contribution in [0.1, 0.15) is 17.5 Å². The second-order valence-electron chi connectivity index (χ2n) is 6.34. The van der Waals surface area contributed by atoms with Gasteiger partial charge in [-0.3, -0.25) is 14.0 Å². The Morgan fingerprint density at radius 1 is 1.28 bits per heavy atom. The standard InChI is InChI=1S/C17H20N6O2/c1-11-20-14-6-16(18-8-13(14)17(24)22(11)3)23-4-5-25-15(10-23)12-7-19-21(2)9-12/h6-9,15H,4-5,10H2,1-3H3. The summed E-state index contributed by atoms with van der Waals surface area (Å²) in [5, 5.41) is 4.75. The number of morpholine rings is 1. The van der Waals surface area contributed by atoms with Crippen LogP contribution >= 0.6 is 0 Å². The molecule has 0 bridgehead atoms. The number of rotatable bonds is 2. The van der Waals surface area contributed by atoms with Crippen LogP contribution in [0.4, 0.5) is 5.82 Å². The molecule has 1 saturated heterocycles. The lowest BCUT2D eigenvalue weighted by Crippen LogP contribution is -2.38. The SMILES string of the molecule is Cc1nc2cc(N3CCOC(c4cnn(C)c4)C3)ncc2c(=O)n1C. The molecule has 1 aliphatic rings. The first-order chi connectivity index (χ1) is 12.0. The smallest absolute Gasteiger partial charge is 0.262 e. The van der Waals surface area contributed by atoms with E-state index >= 15 is 0 Å². The molecule has 4 heterocycles. The maximum atomic E-state index is 12.3. The number of nitrogens with zero attached hydrogens (tertiary/aromatic N) is 6. The van der Waals surface area contributed by atoms with Crippen LogP contribution in [0.25, 0.3) is 10.9 Å². The van der Waals surface area contributed by atoms with E-state index in [2.05, 4.69) is 20.0 Å². The third-order valence-electron chi connectivity index (χ3n) is 4.66. The first-order valence-electron chi connectivity index (χ1n) is 8.21. The summed E-state index contributed by atoms with van der Waals surface area (Å²) in [5.74, 6) is 1.50. The van der Waals surface area contributed by atoms with Crippen LogP contribution in [0, 0.1) is 6.92 Å². The van der Waals surface area contributed by atoms with Crippen molar-refractivity contribution in [3.05, 3.63) is 46.4 Å². The topological polar surface area (TPSA) is 78.1 Å². The van der Waals surface area contributed by atoms with Gasteiger partial charge in [0.1, 0.15) is 17.7 Å². The Labute approximate surface area is 144 Å². The van der Waals surface area contributed by atoms with E-state index in [9.17, 15) is 4.79 Å². The molecule has 1 fully saturated rings. The first-order valence-corrected chi connectivity index (χ1v) is 8.21. The average molecular weight is 340 g/mol. The van der Waals surface area contributed by atoms with E-state index in [0.717, 1.165) is 17.9 Å². The van der Waals surface area contributed by atoms with Crippen LogP contribution in [0.3, 0.4) is 0 Å². The second kappa shape index (κ2) is 5.96. The molecule has 8 nitrogen and oxygen atoms in total. The second-order valence-corrected chi connectivity index (χ2v) is 6.34. The highest BCUT2D eigenvalue weighted by Gasteiger charge is 2.24. The number of pyridine rings is 1. The van der Waals surface area contributed by atoms with Crippen LogP contribution in [-0.2, 0) is 18.8 Å². The number of hydrogen-bond acceptors (Lipinski definition) is 6. The van der Waals surface area contributed by atoms with Crippen LogP contribution in [0.5, 0.6) is 0 Å². The summed E-state index contributed by atoms with van der Waals surface area (Å²) >= 11 is 0. The van der Waals surface area contributed by atoms with Crippen molar-refractivity contribution < 1.29 is 4.74 Å². The molecule has 0 aromatic carbocycles. The number of aromatic nitrogens is 5. The van der Waals surface area contributed by atoms with E-state index in [1.54, 1.807) is 17.9 Å². The first kappa shape index (κ1) is 15.8. The Balaban J connectivity index is 1.67. The molecule has 3 aromatic rings. The van der Waals surface area contributed by atoms with Crippen molar-refractivity contribution in [3.63, 3.8) is 0 Å². The molecule has 0 aliphatic carbocycles. The summed E-state index contributed by atoms with van der Waals surface area (Å²) in [6.45, 7) is 3.88. The van der Waals surface area contributed by atoms with Crippen LogP contribution in [0.15, 0.2) is 29.5 Å². The summed E-state index contributed by atoms with van der Waals surface area (Å²) in [6.07, 6.45) is 5.37. The normalized spacial score (nSPS) is 18.0. The molecule has 1 aliphatic heterocycles. The van der Waals surface area contributed by atoms with Crippen molar-refractivity contribution in [3.8, 4) is 0 Å². The summed E-state index contributed by atoms with van der Waals surface area (Å²) < 4.78 is 9.19. The molecule has 3 aromatic heterocycles. The summed E-state index contributed by atoms with van der Waals surface area (Å²) in [6, 6.07) is 1.88. The zero-order valence-corrected chi connectivity index (χ0v) is 14.5. The molecule has 130 valence electrons. The van der Waals surface area contributed by atoms with Crippen molar-refractivity contribution in [2.45, 2.75) is 13.0 Å². The Bertz CT molecular complexity index is 992. The molecule has 1 unspecified atom stereocenters. The zero-order chi connectivity index (χ0) is 17.6. The predicted molar refractivity (Wildman–Crippen MR) is 93.6 cm³/mol. The van der Waals surface area contributed by atoms with E-state index in [-0.39, 0.29) is 11.7 Å². The minimum Gasteiger partial charge on any atom is -0.370 e. The van der Waals surface area contributed by atoms with Gasteiger partial charge >= 0.3 is 0 Å². The molecular weight excluding hydrogens is 320 g/mol. The van der Waals surface area contributed by atoms with Gasteiger partial charge in [-0.2, -0.15) is 5.10 Å². The largest absolute Gasteiger partial charge is 0.370 e. The average Bonchev–Trinajstić information content (AvgIpc) is 3.06. The van der Waals surface area contributed by atoms with E-state index < -0.39 is 0 Å². The van der Waals surface area contributed by atoms with Gasteiger partial charge < -0.3 is 9.64 Å². The lowest BCUT2D eigenvalue weighted by Gasteiger charge is -2.33. The minimum absolute atomic E-state index is 0.0433. The van der Waals surface area contributed by atoms with Gasteiger partial charge in [0.15, 0.2) is 0 Å². The highest BCUT2D eigenvalue weighted by molar-refractivity contribution is 5.79. The number of anilines is 1. The lowest BCUT2D eigenvalue weighted by molar-refractivity contribution is 0.0395. The summed E-state index contributed by atoms with van der Waals surface area (Å²) in [7, 11) is 3.61. The molecule has 0 spiro atoms. The molecule has 0 amide bonds. The third kappa shape index (κ3) is 2.78. The Morgan fingerprint density at radius 3 is 2.88 bits per heavy atom. The van der Waals surface area contributed by atoms with Crippen LogP contribution < -0.4 is 10.5 Å². The van der Waals surface area contributed by atoms with Gasteiger partial charge in [-0.25, -0.2) is 9.97 Å². The Kier molecular flexibility index (Phi) is 3.76. The molecule has 8 heteroatoms. The number of ether oxygens (including phenoxy) is 1. The van der Waals surface area contributed by atoms with Gasteiger partial charge in [0.2, 0.25) is 0 Å². The Hall–Kier alpha value is -2.74. The highest BCUT2D eigenvalue weighted by atomic mass is 16.5. The van der Waals surface area contributed by atoms with Crippen molar-refractivity contribution in [2.75, 3.05) is 24.6 Å².